The number of thioether (sulfide) groups is 1. The van der Waals surface area contributed by atoms with Crippen LogP contribution in [0.5, 0.6) is 0 Å². The molecule has 2 rings (SSSR count). The first-order chi connectivity index (χ1) is 6.98. The summed E-state index contributed by atoms with van der Waals surface area (Å²) in [5.74, 6) is 0.0755. The average molecular weight is 223 g/mol. The van der Waals surface area contributed by atoms with Gasteiger partial charge in [-0.15, -0.1) is 11.8 Å². The van der Waals surface area contributed by atoms with E-state index in [-0.39, 0.29) is 5.54 Å². The van der Waals surface area contributed by atoms with Crippen LogP contribution >= 0.6 is 11.8 Å². The molecule has 1 heterocycles. The summed E-state index contributed by atoms with van der Waals surface area (Å²) in [6, 6.07) is 5.20. The van der Waals surface area contributed by atoms with Crippen molar-refractivity contribution in [3.8, 4) is 0 Å². The summed E-state index contributed by atoms with van der Waals surface area (Å²) >= 11 is 1.70. The Balaban J connectivity index is 2.36. The van der Waals surface area contributed by atoms with Crippen molar-refractivity contribution < 1.29 is 9.90 Å². The van der Waals surface area contributed by atoms with Gasteiger partial charge < -0.3 is 10.4 Å². The van der Waals surface area contributed by atoms with Gasteiger partial charge in [0.25, 0.3) is 0 Å². The van der Waals surface area contributed by atoms with Crippen molar-refractivity contribution in [2.24, 2.45) is 0 Å². The van der Waals surface area contributed by atoms with Crippen molar-refractivity contribution in [3.63, 3.8) is 0 Å². The molecule has 15 heavy (non-hydrogen) atoms. The van der Waals surface area contributed by atoms with Gasteiger partial charge in [-0.2, -0.15) is 0 Å². The molecule has 0 saturated heterocycles. The van der Waals surface area contributed by atoms with E-state index >= 15 is 0 Å². The van der Waals surface area contributed by atoms with Gasteiger partial charge in [-0.05, 0) is 32.0 Å². The van der Waals surface area contributed by atoms with Gasteiger partial charge in [-0.25, -0.2) is 4.79 Å². The van der Waals surface area contributed by atoms with Crippen LogP contribution in [0.1, 0.15) is 24.2 Å². The number of aromatic carboxylic acids is 1. The van der Waals surface area contributed by atoms with Crippen LogP contribution in [0.3, 0.4) is 0 Å². The number of hydrogen-bond donors (Lipinski definition) is 2. The Morgan fingerprint density at radius 3 is 2.93 bits per heavy atom. The van der Waals surface area contributed by atoms with Crippen LogP contribution in [0, 0.1) is 0 Å². The Hall–Kier alpha value is -1.16. The van der Waals surface area contributed by atoms with Gasteiger partial charge >= 0.3 is 5.97 Å². The molecule has 0 fully saturated rings. The molecule has 1 aliphatic rings. The second kappa shape index (κ2) is 3.45. The first kappa shape index (κ1) is 10.4. The lowest BCUT2D eigenvalue weighted by Crippen LogP contribution is -2.36. The highest BCUT2D eigenvalue weighted by atomic mass is 32.2. The molecule has 0 spiro atoms. The second-order valence-electron chi connectivity index (χ2n) is 4.31. The third-order valence-corrected chi connectivity index (χ3v) is 3.80. The fourth-order valence-corrected chi connectivity index (χ4v) is 2.61. The van der Waals surface area contributed by atoms with E-state index in [1.807, 2.05) is 6.07 Å². The SMILES string of the molecule is CC1(C)CSc2cc(C(=O)O)ccc2N1. The zero-order valence-electron chi connectivity index (χ0n) is 8.70. The van der Waals surface area contributed by atoms with Gasteiger partial charge in [0.2, 0.25) is 0 Å². The molecule has 0 atom stereocenters. The molecule has 0 radical (unpaired) electrons. The maximum atomic E-state index is 10.8. The van der Waals surface area contributed by atoms with E-state index in [0.29, 0.717) is 5.56 Å². The van der Waals surface area contributed by atoms with Crippen LogP contribution in [0.2, 0.25) is 0 Å². The quantitative estimate of drug-likeness (QED) is 0.768. The third-order valence-electron chi connectivity index (χ3n) is 2.29. The molecular formula is C11H13NO2S. The van der Waals surface area contributed by atoms with Crippen LogP contribution < -0.4 is 5.32 Å². The van der Waals surface area contributed by atoms with E-state index in [0.717, 1.165) is 16.3 Å². The normalized spacial score (nSPS) is 17.7. The largest absolute Gasteiger partial charge is 0.478 e. The first-order valence-corrected chi connectivity index (χ1v) is 5.75. The summed E-state index contributed by atoms with van der Waals surface area (Å²) < 4.78 is 0. The predicted molar refractivity (Wildman–Crippen MR) is 61.8 cm³/mol. The third kappa shape index (κ3) is 2.09. The van der Waals surface area contributed by atoms with Crippen molar-refractivity contribution in [1.29, 1.82) is 0 Å². The smallest absolute Gasteiger partial charge is 0.335 e. The average Bonchev–Trinajstić information content (AvgIpc) is 2.15. The number of anilines is 1. The molecular weight excluding hydrogens is 210 g/mol. The van der Waals surface area contributed by atoms with E-state index in [1.54, 1.807) is 23.9 Å². The molecule has 2 N–H and O–H groups in total. The Morgan fingerprint density at radius 1 is 1.53 bits per heavy atom. The molecule has 1 aliphatic heterocycles. The van der Waals surface area contributed by atoms with Gasteiger partial charge in [0.1, 0.15) is 0 Å². The number of carbonyl (C=O) groups is 1. The molecule has 1 aromatic rings. The Labute approximate surface area is 92.9 Å². The number of rotatable bonds is 1. The monoisotopic (exact) mass is 223 g/mol. The fraction of sp³-hybridized carbons (Fsp3) is 0.364. The Bertz CT molecular complexity index is 415. The Morgan fingerprint density at radius 2 is 2.27 bits per heavy atom. The Kier molecular flexibility index (Phi) is 2.38. The van der Waals surface area contributed by atoms with Gasteiger partial charge in [0.05, 0.1) is 5.56 Å². The summed E-state index contributed by atoms with van der Waals surface area (Å²) in [6.45, 7) is 4.27. The minimum atomic E-state index is -0.872. The van der Waals surface area contributed by atoms with Crippen molar-refractivity contribution in [1.82, 2.24) is 0 Å². The van der Waals surface area contributed by atoms with E-state index in [4.69, 9.17) is 5.11 Å². The number of carboxylic acid groups (broad SMARTS) is 1. The summed E-state index contributed by atoms with van der Waals surface area (Å²) in [4.78, 5) is 11.8. The van der Waals surface area contributed by atoms with Gasteiger partial charge in [0.15, 0.2) is 0 Å². The van der Waals surface area contributed by atoms with Crippen molar-refractivity contribution >= 4 is 23.4 Å². The number of nitrogens with one attached hydrogen (secondary N) is 1. The predicted octanol–water partition coefficient (Wildman–Crippen LogP) is 2.68. The van der Waals surface area contributed by atoms with Gasteiger partial charge in [-0.1, -0.05) is 0 Å². The lowest BCUT2D eigenvalue weighted by atomic mass is 10.1. The minimum Gasteiger partial charge on any atom is -0.478 e. The van der Waals surface area contributed by atoms with Crippen LogP contribution in [-0.4, -0.2) is 22.4 Å². The molecule has 0 aliphatic carbocycles. The highest BCUT2D eigenvalue weighted by molar-refractivity contribution is 7.99. The zero-order valence-corrected chi connectivity index (χ0v) is 9.52. The highest BCUT2D eigenvalue weighted by Gasteiger charge is 2.25. The lowest BCUT2D eigenvalue weighted by Gasteiger charge is -2.33. The van der Waals surface area contributed by atoms with E-state index in [1.165, 1.54) is 0 Å². The van der Waals surface area contributed by atoms with E-state index in [2.05, 4.69) is 19.2 Å². The molecule has 0 saturated carbocycles. The number of fused-ring (bicyclic) bond motifs is 1. The lowest BCUT2D eigenvalue weighted by molar-refractivity contribution is 0.0696. The van der Waals surface area contributed by atoms with E-state index < -0.39 is 5.97 Å². The van der Waals surface area contributed by atoms with Crippen LogP contribution in [-0.2, 0) is 0 Å². The molecule has 1 aromatic carbocycles. The number of carboxylic acids is 1. The van der Waals surface area contributed by atoms with Crippen molar-refractivity contribution in [2.75, 3.05) is 11.1 Å². The minimum absolute atomic E-state index is 0.0718. The van der Waals surface area contributed by atoms with Crippen LogP contribution in [0.4, 0.5) is 5.69 Å². The van der Waals surface area contributed by atoms with Crippen LogP contribution in [0.15, 0.2) is 23.1 Å². The van der Waals surface area contributed by atoms with Crippen LogP contribution in [0.25, 0.3) is 0 Å². The fourth-order valence-electron chi connectivity index (χ4n) is 1.54. The standard InChI is InChI=1S/C11H13NO2S/c1-11(2)6-15-9-5-7(10(13)14)3-4-8(9)12-11/h3-5,12H,6H2,1-2H3,(H,13,14). The van der Waals surface area contributed by atoms with Crippen molar-refractivity contribution in [2.45, 2.75) is 24.3 Å². The van der Waals surface area contributed by atoms with Gasteiger partial charge in [-0.3, -0.25) is 0 Å². The summed E-state index contributed by atoms with van der Waals surface area (Å²) in [5.41, 5.74) is 1.45. The van der Waals surface area contributed by atoms with Crippen molar-refractivity contribution in [3.05, 3.63) is 23.8 Å². The summed E-state index contributed by atoms with van der Waals surface area (Å²) in [6.07, 6.45) is 0. The molecule has 4 heteroatoms. The molecule has 0 amide bonds. The number of benzene rings is 1. The van der Waals surface area contributed by atoms with E-state index in [9.17, 15) is 4.79 Å². The summed E-state index contributed by atoms with van der Waals surface area (Å²) in [7, 11) is 0. The summed E-state index contributed by atoms with van der Waals surface area (Å²) in [5, 5.41) is 12.2. The maximum absolute atomic E-state index is 10.8. The molecule has 0 aromatic heterocycles. The zero-order chi connectivity index (χ0) is 11.1. The van der Waals surface area contributed by atoms with Gasteiger partial charge in [0, 0.05) is 21.9 Å². The highest BCUT2D eigenvalue weighted by Crippen LogP contribution is 2.37. The molecule has 3 nitrogen and oxygen atoms in total. The second-order valence-corrected chi connectivity index (χ2v) is 5.33. The topological polar surface area (TPSA) is 49.3 Å². The maximum Gasteiger partial charge on any atom is 0.335 e. The molecule has 0 unspecified atom stereocenters. The number of hydrogen-bond acceptors (Lipinski definition) is 3. The molecule has 80 valence electrons. The first-order valence-electron chi connectivity index (χ1n) is 4.76. The molecule has 0 bridgehead atoms.